The van der Waals surface area contributed by atoms with Gasteiger partial charge in [0.2, 0.25) is 6.10 Å². The summed E-state index contributed by atoms with van der Waals surface area (Å²) < 4.78 is 33.4. The Morgan fingerprint density at radius 1 is 0.429 bits per heavy atom. The minimum atomic E-state index is -2.03. The zero-order valence-electron chi connectivity index (χ0n) is 26.5. The Bertz CT molecular complexity index is 1710. The van der Waals surface area contributed by atoms with Crippen molar-refractivity contribution in [2.75, 3.05) is 6.61 Å². The largest absolute Gasteiger partial charge is 0.458 e. The Balaban J connectivity index is 1.83. The number of carbonyl (C=O) groups is 6. The second-order valence-electron chi connectivity index (χ2n) is 10.3. The Morgan fingerprint density at radius 3 is 1.12 bits per heavy atom. The van der Waals surface area contributed by atoms with Gasteiger partial charge in [-0.15, -0.1) is 0 Å². The van der Waals surface area contributed by atoms with Crippen LogP contribution in [0.25, 0.3) is 0 Å². The lowest BCUT2D eigenvalue weighted by molar-refractivity contribution is -0.222. The fourth-order valence-corrected chi connectivity index (χ4v) is 4.44. The molecule has 3 atom stereocenters. The lowest BCUT2D eigenvalue weighted by atomic mass is 10.1. The van der Waals surface area contributed by atoms with Gasteiger partial charge in [-0.2, -0.15) is 0 Å². The SMILES string of the molecule is CC(=O)OC(OC(C)=O)C(OC(=O)c1ccccc1)C(OC(=O)c1ccccc1)C(COC(=O)c1ccccc1)OC(=O)c1ccccc1. The summed E-state index contributed by atoms with van der Waals surface area (Å²) in [4.78, 5) is 78.0. The Kier molecular flexibility index (Phi) is 12.7. The van der Waals surface area contributed by atoms with Crippen LogP contribution in [-0.4, -0.2) is 67.0 Å². The van der Waals surface area contributed by atoms with Gasteiger partial charge >= 0.3 is 35.8 Å². The van der Waals surface area contributed by atoms with Crippen molar-refractivity contribution in [2.24, 2.45) is 0 Å². The molecule has 3 unspecified atom stereocenters. The van der Waals surface area contributed by atoms with Crippen molar-refractivity contribution < 1.29 is 57.2 Å². The van der Waals surface area contributed by atoms with Gasteiger partial charge in [0, 0.05) is 13.8 Å². The first kappa shape index (κ1) is 35.6. The maximum atomic E-state index is 13.6. The van der Waals surface area contributed by atoms with E-state index in [2.05, 4.69) is 0 Å². The quantitative estimate of drug-likeness (QED) is 0.101. The van der Waals surface area contributed by atoms with Crippen LogP contribution in [0, 0.1) is 0 Å². The fraction of sp³-hybridized carbons (Fsp3) is 0.189. The van der Waals surface area contributed by atoms with Gasteiger partial charge in [0.15, 0.2) is 12.2 Å². The third kappa shape index (κ3) is 10.6. The normalized spacial score (nSPS) is 12.4. The Hall–Kier alpha value is -6.30. The van der Waals surface area contributed by atoms with E-state index in [1.54, 1.807) is 72.8 Å². The molecule has 0 radical (unpaired) electrons. The first-order valence-corrected chi connectivity index (χ1v) is 15.0. The summed E-state index contributed by atoms with van der Waals surface area (Å²) in [6.07, 6.45) is -7.66. The molecule has 0 saturated carbocycles. The average Bonchev–Trinajstić information content (AvgIpc) is 3.12. The van der Waals surface area contributed by atoms with Gasteiger partial charge in [0.1, 0.15) is 6.61 Å². The van der Waals surface area contributed by atoms with E-state index in [4.69, 9.17) is 28.4 Å². The Morgan fingerprint density at radius 2 is 0.755 bits per heavy atom. The first-order chi connectivity index (χ1) is 23.6. The van der Waals surface area contributed by atoms with Crippen LogP contribution in [0.4, 0.5) is 0 Å². The van der Waals surface area contributed by atoms with Crippen LogP contribution in [0.1, 0.15) is 55.3 Å². The zero-order valence-corrected chi connectivity index (χ0v) is 26.5. The van der Waals surface area contributed by atoms with E-state index in [0.29, 0.717) is 0 Å². The number of esters is 6. The number of hydrogen-bond acceptors (Lipinski definition) is 12. The molecule has 0 heterocycles. The molecule has 0 aromatic heterocycles. The molecule has 0 N–H and O–H groups in total. The van der Waals surface area contributed by atoms with Crippen molar-refractivity contribution in [3.8, 4) is 0 Å². The van der Waals surface area contributed by atoms with Crippen LogP contribution in [0.3, 0.4) is 0 Å². The van der Waals surface area contributed by atoms with E-state index in [0.717, 1.165) is 13.8 Å². The molecular formula is C37H32O12. The molecule has 4 aromatic carbocycles. The van der Waals surface area contributed by atoms with Crippen molar-refractivity contribution in [2.45, 2.75) is 38.4 Å². The van der Waals surface area contributed by atoms with Crippen LogP contribution in [0.15, 0.2) is 121 Å². The summed E-state index contributed by atoms with van der Waals surface area (Å²) in [5, 5.41) is 0. The van der Waals surface area contributed by atoms with Crippen molar-refractivity contribution in [1.82, 2.24) is 0 Å². The molecule has 4 aromatic rings. The highest BCUT2D eigenvalue weighted by Crippen LogP contribution is 2.24. The molecular weight excluding hydrogens is 636 g/mol. The van der Waals surface area contributed by atoms with Gasteiger partial charge in [-0.3, -0.25) is 9.59 Å². The second-order valence-corrected chi connectivity index (χ2v) is 10.3. The van der Waals surface area contributed by atoms with Crippen LogP contribution >= 0.6 is 0 Å². The molecule has 0 aliphatic carbocycles. The molecule has 0 fully saturated rings. The van der Waals surface area contributed by atoms with Gasteiger partial charge in [0.25, 0.3) is 6.29 Å². The van der Waals surface area contributed by atoms with Gasteiger partial charge < -0.3 is 28.4 Å². The predicted molar refractivity (Wildman–Crippen MR) is 171 cm³/mol. The number of rotatable bonds is 14. The van der Waals surface area contributed by atoms with Gasteiger partial charge in [-0.25, -0.2) is 19.2 Å². The number of carbonyl (C=O) groups excluding carboxylic acids is 6. The summed E-state index contributed by atoms with van der Waals surface area (Å²) in [5.41, 5.74) is 0.285. The Labute approximate surface area is 281 Å². The maximum Gasteiger partial charge on any atom is 0.338 e. The van der Waals surface area contributed by atoms with Gasteiger partial charge in [-0.05, 0) is 48.5 Å². The summed E-state index contributed by atoms with van der Waals surface area (Å²) in [6, 6.07) is 30.9. The van der Waals surface area contributed by atoms with Crippen molar-refractivity contribution in [3.63, 3.8) is 0 Å². The van der Waals surface area contributed by atoms with Gasteiger partial charge in [-0.1, -0.05) is 72.8 Å². The van der Waals surface area contributed by atoms with Crippen LogP contribution in [0.2, 0.25) is 0 Å². The monoisotopic (exact) mass is 668 g/mol. The van der Waals surface area contributed by atoms with Crippen molar-refractivity contribution in [1.29, 1.82) is 0 Å². The van der Waals surface area contributed by atoms with E-state index < -0.39 is 67.0 Å². The molecule has 0 aliphatic heterocycles. The third-order valence-corrected chi connectivity index (χ3v) is 6.68. The fourth-order valence-electron chi connectivity index (χ4n) is 4.44. The molecule has 12 nitrogen and oxygen atoms in total. The first-order valence-electron chi connectivity index (χ1n) is 15.0. The standard InChI is InChI=1S/C37H32O12/c1-24(38)45-37(46-25(2)39)32(49-36(43)29-21-13-6-14-22-29)31(48-35(42)28-19-11-5-12-20-28)30(47-34(41)27-17-9-4-10-18-27)23-44-33(40)26-15-7-3-8-16-26/h3-22,30-32,37H,23H2,1-2H3. The van der Waals surface area contributed by atoms with Crippen LogP contribution in [-0.2, 0) is 38.0 Å². The number of hydrogen-bond donors (Lipinski definition) is 0. The van der Waals surface area contributed by atoms with Crippen molar-refractivity contribution in [3.05, 3.63) is 144 Å². The summed E-state index contributed by atoms with van der Waals surface area (Å²) in [5.74, 6) is -5.70. The predicted octanol–water partition coefficient (Wildman–Crippen LogP) is 4.97. The van der Waals surface area contributed by atoms with Crippen LogP contribution < -0.4 is 0 Å². The molecule has 0 aliphatic rings. The number of benzene rings is 4. The van der Waals surface area contributed by atoms with Crippen LogP contribution in [0.5, 0.6) is 0 Å². The summed E-state index contributed by atoms with van der Waals surface area (Å²) in [7, 11) is 0. The lowest BCUT2D eigenvalue weighted by Gasteiger charge is -2.35. The van der Waals surface area contributed by atoms with E-state index in [1.165, 1.54) is 48.5 Å². The average molecular weight is 669 g/mol. The second kappa shape index (κ2) is 17.6. The molecule has 4 rings (SSSR count). The third-order valence-electron chi connectivity index (χ3n) is 6.68. The highest BCUT2D eigenvalue weighted by atomic mass is 16.7. The van der Waals surface area contributed by atoms with E-state index in [1.807, 2.05) is 0 Å². The molecule has 0 spiro atoms. The molecule has 0 saturated heterocycles. The molecule has 0 amide bonds. The van der Waals surface area contributed by atoms with E-state index >= 15 is 0 Å². The molecule has 0 bridgehead atoms. The summed E-state index contributed by atoms with van der Waals surface area (Å²) >= 11 is 0. The highest BCUT2D eigenvalue weighted by Gasteiger charge is 2.47. The molecule has 12 heteroatoms. The lowest BCUT2D eigenvalue weighted by Crippen LogP contribution is -2.54. The minimum absolute atomic E-state index is 0.0263. The minimum Gasteiger partial charge on any atom is -0.458 e. The zero-order chi connectivity index (χ0) is 35.2. The van der Waals surface area contributed by atoms with E-state index in [9.17, 15) is 28.8 Å². The summed E-state index contributed by atoms with van der Waals surface area (Å²) in [6.45, 7) is 1.25. The van der Waals surface area contributed by atoms with Gasteiger partial charge in [0.05, 0.1) is 22.3 Å². The van der Waals surface area contributed by atoms with Crippen molar-refractivity contribution >= 4 is 35.8 Å². The molecule has 49 heavy (non-hydrogen) atoms. The maximum absolute atomic E-state index is 13.6. The smallest absolute Gasteiger partial charge is 0.338 e. The number of ether oxygens (including phenoxy) is 6. The highest BCUT2D eigenvalue weighted by molar-refractivity contribution is 5.91. The van der Waals surface area contributed by atoms with E-state index in [-0.39, 0.29) is 22.3 Å². The molecule has 252 valence electrons. The topological polar surface area (TPSA) is 158 Å².